The quantitative estimate of drug-likeness (QED) is 0.655. The maximum absolute atomic E-state index is 11.0. The number of hydrogen-bond acceptors (Lipinski definition) is 5. The Morgan fingerprint density at radius 3 is 2.48 bits per heavy atom. The van der Waals surface area contributed by atoms with Crippen LogP contribution in [0.5, 0.6) is 17.2 Å². The maximum Gasteiger partial charge on any atom is 0.314 e. The minimum absolute atomic E-state index is 0.0884. The third kappa shape index (κ3) is 3.50. The Morgan fingerprint density at radius 1 is 1.24 bits per heavy atom. The van der Waals surface area contributed by atoms with Gasteiger partial charge in [0.15, 0.2) is 5.75 Å². The molecule has 0 bridgehead atoms. The molecule has 0 aliphatic heterocycles. The minimum atomic E-state index is -0.531. The van der Waals surface area contributed by atoms with E-state index in [9.17, 15) is 10.1 Å². The molecule has 0 atom stereocenters. The lowest BCUT2D eigenvalue weighted by Gasteiger charge is -2.09. The zero-order valence-corrected chi connectivity index (χ0v) is 12.7. The van der Waals surface area contributed by atoms with E-state index in [0.717, 1.165) is 5.56 Å². The Kier molecular flexibility index (Phi) is 4.77. The van der Waals surface area contributed by atoms with Crippen molar-refractivity contribution in [1.29, 1.82) is 0 Å². The van der Waals surface area contributed by atoms with Crippen molar-refractivity contribution in [2.24, 2.45) is 0 Å². The Bertz CT molecular complexity index is 674. The highest BCUT2D eigenvalue weighted by atomic mass is 79.9. The minimum Gasteiger partial charge on any atom is -0.490 e. The van der Waals surface area contributed by atoms with Crippen LogP contribution in [0.15, 0.2) is 40.9 Å². The monoisotopic (exact) mass is 353 g/mol. The first-order valence-electron chi connectivity index (χ1n) is 5.94. The predicted octanol–water partition coefficient (Wildman–Crippen LogP) is 3.65. The molecule has 110 valence electrons. The van der Waals surface area contributed by atoms with Crippen LogP contribution in [0.1, 0.15) is 5.56 Å². The van der Waals surface area contributed by atoms with Gasteiger partial charge in [-0.2, -0.15) is 0 Å². The SMILES string of the molecule is COc1ccc(Oc2ccc(CO)c(Br)c2)cc1[N+](=O)[O-]. The van der Waals surface area contributed by atoms with Gasteiger partial charge < -0.3 is 14.6 Å². The molecule has 2 rings (SSSR count). The van der Waals surface area contributed by atoms with Crippen molar-refractivity contribution in [3.63, 3.8) is 0 Å². The normalized spacial score (nSPS) is 10.2. The van der Waals surface area contributed by atoms with Gasteiger partial charge in [0.1, 0.15) is 11.5 Å². The second-order valence-corrected chi connectivity index (χ2v) is 4.96. The molecule has 2 aromatic rings. The molecule has 1 N–H and O–H groups in total. The van der Waals surface area contributed by atoms with E-state index in [1.807, 2.05) is 0 Å². The second kappa shape index (κ2) is 6.55. The highest BCUT2D eigenvalue weighted by Crippen LogP contribution is 2.34. The van der Waals surface area contributed by atoms with E-state index in [0.29, 0.717) is 16.0 Å². The number of nitro benzene ring substituents is 1. The van der Waals surface area contributed by atoms with E-state index in [2.05, 4.69) is 15.9 Å². The summed E-state index contributed by atoms with van der Waals surface area (Å²) >= 11 is 3.31. The number of nitro groups is 1. The van der Waals surface area contributed by atoms with Crippen LogP contribution in [0.2, 0.25) is 0 Å². The Balaban J connectivity index is 2.29. The van der Waals surface area contributed by atoms with Crippen molar-refractivity contribution in [1.82, 2.24) is 0 Å². The van der Waals surface area contributed by atoms with Crippen molar-refractivity contribution in [3.05, 3.63) is 56.5 Å². The molecule has 0 unspecified atom stereocenters. The number of rotatable bonds is 5. The standard InChI is InChI=1S/C14H12BrNO5/c1-20-14-5-4-11(7-13(14)16(18)19)21-10-3-2-9(8-17)12(15)6-10/h2-7,17H,8H2,1H3. The highest BCUT2D eigenvalue weighted by Gasteiger charge is 2.16. The maximum atomic E-state index is 11.0. The number of ether oxygens (including phenoxy) is 2. The number of hydrogen-bond donors (Lipinski definition) is 1. The van der Waals surface area contributed by atoms with Crippen LogP contribution in [0.25, 0.3) is 0 Å². The molecular formula is C14H12BrNO5. The zero-order valence-electron chi connectivity index (χ0n) is 11.1. The molecule has 0 aliphatic carbocycles. The van der Waals surface area contributed by atoms with Crippen LogP contribution in [0, 0.1) is 10.1 Å². The summed E-state index contributed by atoms with van der Waals surface area (Å²) in [5, 5.41) is 20.1. The van der Waals surface area contributed by atoms with Crippen LogP contribution >= 0.6 is 15.9 Å². The first-order chi connectivity index (χ1) is 10.0. The van der Waals surface area contributed by atoms with Gasteiger partial charge >= 0.3 is 5.69 Å². The summed E-state index contributed by atoms with van der Waals surface area (Å²) in [6, 6.07) is 9.42. The molecule has 6 nitrogen and oxygen atoms in total. The van der Waals surface area contributed by atoms with Gasteiger partial charge in [0.25, 0.3) is 0 Å². The predicted molar refractivity (Wildman–Crippen MR) is 79.8 cm³/mol. The van der Waals surface area contributed by atoms with Gasteiger partial charge in [0, 0.05) is 4.47 Å². The summed E-state index contributed by atoms with van der Waals surface area (Å²) in [5.74, 6) is 0.994. The van der Waals surface area contributed by atoms with Crippen molar-refractivity contribution < 1.29 is 19.5 Å². The van der Waals surface area contributed by atoms with Gasteiger partial charge in [-0.25, -0.2) is 0 Å². The Morgan fingerprint density at radius 2 is 1.90 bits per heavy atom. The van der Waals surface area contributed by atoms with E-state index in [4.69, 9.17) is 14.6 Å². The van der Waals surface area contributed by atoms with Crippen LogP contribution in [0.3, 0.4) is 0 Å². The van der Waals surface area contributed by atoms with Gasteiger partial charge in [-0.05, 0) is 29.8 Å². The van der Waals surface area contributed by atoms with Crippen LogP contribution in [-0.2, 0) is 6.61 Å². The Labute approximate surface area is 129 Å². The molecule has 0 saturated carbocycles. The molecule has 7 heteroatoms. The summed E-state index contributed by atoms with van der Waals surface area (Å²) in [6.07, 6.45) is 0. The number of benzene rings is 2. The van der Waals surface area contributed by atoms with Crippen LogP contribution in [-0.4, -0.2) is 17.1 Å². The summed E-state index contributed by atoms with van der Waals surface area (Å²) < 4.78 is 11.2. The summed E-state index contributed by atoms with van der Waals surface area (Å²) in [5.41, 5.74) is 0.559. The lowest BCUT2D eigenvalue weighted by Crippen LogP contribution is -1.95. The Hall–Kier alpha value is -2.12. The number of methoxy groups -OCH3 is 1. The fourth-order valence-electron chi connectivity index (χ4n) is 1.73. The van der Waals surface area contributed by atoms with Crippen molar-refractivity contribution >= 4 is 21.6 Å². The van der Waals surface area contributed by atoms with Gasteiger partial charge in [0.05, 0.1) is 24.7 Å². The molecule has 2 aromatic carbocycles. The molecule has 0 spiro atoms. The second-order valence-electron chi connectivity index (χ2n) is 4.10. The lowest BCUT2D eigenvalue weighted by molar-refractivity contribution is -0.385. The van der Waals surface area contributed by atoms with Crippen molar-refractivity contribution in [2.45, 2.75) is 6.61 Å². The van der Waals surface area contributed by atoms with Crippen LogP contribution < -0.4 is 9.47 Å². The van der Waals surface area contributed by atoms with Crippen molar-refractivity contribution in [3.8, 4) is 17.2 Å². The van der Waals surface area contributed by atoms with E-state index in [1.54, 1.807) is 24.3 Å². The summed E-state index contributed by atoms with van der Waals surface area (Å²) in [4.78, 5) is 10.4. The number of halogens is 1. The average molecular weight is 354 g/mol. The highest BCUT2D eigenvalue weighted by molar-refractivity contribution is 9.10. The number of nitrogens with zero attached hydrogens (tertiary/aromatic N) is 1. The third-order valence-corrected chi connectivity index (χ3v) is 3.52. The fourth-order valence-corrected chi connectivity index (χ4v) is 2.21. The molecule has 0 aromatic heterocycles. The van der Waals surface area contributed by atoms with Gasteiger partial charge in [-0.15, -0.1) is 0 Å². The molecule has 0 radical (unpaired) electrons. The molecule has 0 aliphatic rings. The average Bonchev–Trinajstić information content (AvgIpc) is 2.47. The van der Waals surface area contributed by atoms with Gasteiger partial charge in [0.2, 0.25) is 0 Å². The van der Waals surface area contributed by atoms with Crippen molar-refractivity contribution in [2.75, 3.05) is 7.11 Å². The van der Waals surface area contributed by atoms with E-state index >= 15 is 0 Å². The number of aliphatic hydroxyl groups is 1. The lowest BCUT2D eigenvalue weighted by atomic mass is 10.2. The fraction of sp³-hybridized carbons (Fsp3) is 0.143. The molecule has 0 amide bonds. The first kappa shape index (κ1) is 15.3. The topological polar surface area (TPSA) is 81.8 Å². The molecular weight excluding hydrogens is 342 g/mol. The molecule has 21 heavy (non-hydrogen) atoms. The molecule has 0 heterocycles. The third-order valence-electron chi connectivity index (χ3n) is 2.78. The van der Waals surface area contributed by atoms with E-state index in [1.165, 1.54) is 19.2 Å². The van der Waals surface area contributed by atoms with Gasteiger partial charge in [-0.1, -0.05) is 22.0 Å². The van der Waals surface area contributed by atoms with E-state index in [-0.39, 0.29) is 18.0 Å². The molecule has 0 saturated heterocycles. The van der Waals surface area contributed by atoms with Crippen LogP contribution in [0.4, 0.5) is 5.69 Å². The summed E-state index contributed by atoms with van der Waals surface area (Å²) in [6.45, 7) is -0.0884. The zero-order chi connectivity index (χ0) is 15.4. The van der Waals surface area contributed by atoms with E-state index < -0.39 is 4.92 Å². The largest absolute Gasteiger partial charge is 0.490 e. The number of aliphatic hydroxyl groups excluding tert-OH is 1. The smallest absolute Gasteiger partial charge is 0.314 e. The first-order valence-corrected chi connectivity index (χ1v) is 6.74. The summed E-state index contributed by atoms with van der Waals surface area (Å²) in [7, 11) is 1.37. The molecule has 0 fully saturated rings. The van der Waals surface area contributed by atoms with Gasteiger partial charge in [-0.3, -0.25) is 10.1 Å².